The van der Waals surface area contributed by atoms with Gasteiger partial charge in [-0.2, -0.15) is 0 Å². The first-order valence-electron chi connectivity index (χ1n) is 10.7. The van der Waals surface area contributed by atoms with E-state index in [2.05, 4.69) is 11.9 Å². The molecule has 0 saturated carbocycles. The Bertz CT molecular complexity index is 1240. The Balaban J connectivity index is 1.48. The molecule has 0 unspecified atom stereocenters. The van der Waals surface area contributed by atoms with E-state index in [1.807, 2.05) is 66.9 Å². The number of thioether (sulfide) groups is 2. The number of thiophene rings is 1. The summed E-state index contributed by atoms with van der Waals surface area (Å²) in [5, 5.41) is 2.82. The summed E-state index contributed by atoms with van der Waals surface area (Å²) in [5.41, 5.74) is 3.09. The summed E-state index contributed by atoms with van der Waals surface area (Å²) >= 11 is 4.83. The van der Waals surface area contributed by atoms with Gasteiger partial charge in [-0.25, -0.2) is 9.97 Å². The summed E-state index contributed by atoms with van der Waals surface area (Å²) in [6.45, 7) is 1.98. The topological polar surface area (TPSA) is 49.3 Å². The molecular weight excluding hydrogens is 469 g/mol. The third-order valence-corrected chi connectivity index (χ3v) is 8.25. The average molecular weight is 493 g/mol. The van der Waals surface area contributed by atoms with Gasteiger partial charge >= 0.3 is 0 Å². The molecule has 0 saturated heterocycles. The van der Waals surface area contributed by atoms with Crippen molar-refractivity contribution in [3.63, 3.8) is 0 Å². The molecule has 0 N–H and O–H groups in total. The zero-order chi connectivity index (χ0) is 22.8. The van der Waals surface area contributed by atoms with Gasteiger partial charge in [0.2, 0.25) is 5.91 Å². The van der Waals surface area contributed by atoms with E-state index < -0.39 is 0 Å². The van der Waals surface area contributed by atoms with Crippen molar-refractivity contribution in [2.24, 2.45) is 0 Å². The fraction of sp³-hybridized carbons (Fsp3) is 0.240. The molecule has 2 aromatic carbocycles. The maximum absolute atomic E-state index is 13.5. The lowest BCUT2D eigenvalue weighted by atomic mass is 10.1. The lowest BCUT2D eigenvalue weighted by Gasteiger charge is -2.23. The lowest BCUT2D eigenvalue weighted by molar-refractivity contribution is -0.115. The van der Waals surface area contributed by atoms with Crippen LogP contribution in [0.1, 0.15) is 10.4 Å². The summed E-state index contributed by atoms with van der Waals surface area (Å²) in [4.78, 5) is 29.7. The molecule has 1 aliphatic rings. The largest absolute Gasteiger partial charge is 0.301 e. The minimum Gasteiger partial charge on any atom is -0.301 e. The van der Waals surface area contributed by atoms with Crippen LogP contribution < -0.4 is 4.90 Å². The van der Waals surface area contributed by atoms with E-state index >= 15 is 0 Å². The molecule has 0 atom stereocenters. The lowest BCUT2D eigenvalue weighted by Crippen LogP contribution is -2.27. The average Bonchev–Trinajstić information content (AvgIpc) is 3.21. The van der Waals surface area contributed by atoms with Crippen LogP contribution in [0.2, 0.25) is 0 Å². The first-order chi connectivity index (χ1) is 16.1. The number of hydrogen-bond acceptors (Lipinski definition) is 7. The van der Waals surface area contributed by atoms with Crippen LogP contribution in [0.3, 0.4) is 0 Å². The first-order valence-corrected chi connectivity index (χ1v) is 13.8. The Labute approximate surface area is 206 Å². The maximum Gasteiger partial charge on any atom is 0.241 e. The number of benzene rings is 2. The number of nitrogens with zero attached hydrogens (tertiary/aromatic N) is 4. The molecule has 2 aromatic heterocycles. The highest BCUT2D eigenvalue weighted by atomic mass is 32.2. The molecule has 0 aliphatic carbocycles. The number of amides is 1. The number of aromatic nitrogens is 2. The Morgan fingerprint density at radius 1 is 1.06 bits per heavy atom. The van der Waals surface area contributed by atoms with Crippen LogP contribution in [0.5, 0.6) is 0 Å². The van der Waals surface area contributed by atoms with Crippen molar-refractivity contribution in [2.75, 3.05) is 30.5 Å². The summed E-state index contributed by atoms with van der Waals surface area (Å²) in [6, 6.07) is 19.6. The van der Waals surface area contributed by atoms with Crippen LogP contribution in [0.25, 0.3) is 10.2 Å². The van der Waals surface area contributed by atoms with Gasteiger partial charge in [0.05, 0.1) is 5.75 Å². The van der Waals surface area contributed by atoms with Crippen molar-refractivity contribution < 1.29 is 4.79 Å². The quantitative estimate of drug-likeness (QED) is 0.191. The normalized spacial score (nSPS) is 13.8. The van der Waals surface area contributed by atoms with Crippen molar-refractivity contribution in [3.05, 3.63) is 71.1 Å². The van der Waals surface area contributed by atoms with Gasteiger partial charge in [-0.3, -0.25) is 9.69 Å². The summed E-state index contributed by atoms with van der Waals surface area (Å²) in [7, 11) is 2.16. The molecule has 3 heterocycles. The van der Waals surface area contributed by atoms with Crippen LogP contribution in [0.4, 0.5) is 11.4 Å². The highest BCUT2D eigenvalue weighted by Crippen LogP contribution is 2.40. The molecule has 8 heteroatoms. The van der Waals surface area contributed by atoms with Gasteiger partial charge < -0.3 is 4.90 Å². The van der Waals surface area contributed by atoms with E-state index in [1.54, 1.807) is 28.0 Å². The molecule has 33 heavy (non-hydrogen) atoms. The van der Waals surface area contributed by atoms with Crippen LogP contribution >= 0.6 is 34.9 Å². The van der Waals surface area contributed by atoms with Gasteiger partial charge in [0, 0.05) is 34.7 Å². The number of para-hydroxylation sites is 2. The summed E-state index contributed by atoms with van der Waals surface area (Å²) in [6.07, 6.45) is 2.99. The van der Waals surface area contributed by atoms with Crippen LogP contribution in [0, 0.1) is 0 Å². The Morgan fingerprint density at radius 3 is 2.36 bits per heavy atom. The second kappa shape index (κ2) is 9.85. The standard InChI is InChI=1S/C25H24N4OS3/c1-28-14-13-19-20(15-28)33-24-22(19)23(26-25(27-24)31-2)32-16-21(30)29(17-9-5-3-6-10-17)18-11-7-4-8-12-18/h3-12H,13-16H2,1-2H3. The van der Waals surface area contributed by atoms with Gasteiger partial charge in [0.15, 0.2) is 5.16 Å². The number of rotatable bonds is 6. The fourth-order valence-electron chi connectivity index (χ4n) is 4.05. The molecular formula is C25H24N4OS3. The molecule has 1 amide bonds. The van der Waals surface area contributed by atoms with Crippen molar-refractivity contribution in [1.29, 1.82) is 0 Å². The van der Waals surface area contributed by atoms with Crippen molar-refractivity contribution >= 4 is 62.4 Å². The second-order valence-electron chi connectivity index (χ2n) is 7.88. The molecule has 168 valence electrons. The minimum absolute atomic E-state index is 0.0266. The molecule has 0 fully saturated rings. The Hall–Kier alpha value is -2.39. The highest BCUT2D eigenvalue weighted by Gasteiger charge is 2.25. The smallest absolute Gasteiger partial charge is 0.241 e. The van der Waals surface area contributed by atoms with Gasteiger partial charge in [-0.05, 0) is 49.6 Å². The van der Waals surface area contributed by atoms with Gasteiger partial charge in [0.1, 0.15) is 9.86 Å². The number of fused-ring (bicyclic) bond motifs is 3. The Kier molecular flexibility index (Phi) is 6.69. The van der Waals surface area contributed by atoms with Crippen molar-refractivity contribution in [2.45, 2.75) is 23.1 Å². The number of anilines is 2. The molecule has 5 nitrogen and oxygen atoms in total. The monoisotopic (exact) mass is 492 g/mol. The van der Waals surface area contributed by atoms with Crippen LogP contribution in [-0.4, -0.2) is 46.4 Å². The fourth-order valence-corrected chi connectivity index (χ4v) is 6.80. The molecule has 1 aliphatic heterocycles. The summed E-state index contributed by atoms with van der Waals surface area (Å²) in [5.74, 6) is 0.326. The van der Waals surface area contributed by atoms with E-state index in [1.165, 1.54) is 22.2 Å². The van der Waals surface area contributed by atoms with Gasteiger partial charge in [0.25, 0.3) is 0 Å². The van der Waals surface area contributed by atoms with E-state index in [-0.39, 0.29) is 5.91 Å². The van der Waals surface area contributed by atoms with E-state index in [4.69, 9.17) is 9.97 Å². The zero-order valence-electron chi connectivity index (χ0n) is 18.5. The third-order valence-electron chi connectivity index (χ3n) is 5.63. The van der Waals surface area contributed by atoms with Crippen molar-refractivity contribution in [1.82, 2.24) is 14.9 Å². The minimum atomic E-state index is 0.0266. The Morgan fingerprint density at radius 2 is 1.73 bits per heavy atom. The molecule has 0 radical (unpaired) electrons. The predicted octanol–water partition coefficient (Wildman–Crippen LogP) is 5.86. The summed E-state index contributed by atoms with van der Waals surface area (Å²) < 4.78 is 0. The van der Waals surface area contributed by atoms with Gasteiger partial charge in [-0.1, -0.05) is 59.9 Å². The number of hydrogen-bond donors (Lipinski definition) is 0. The SMILES string of the molecule is CSc1nc(SCC(=O)N(c2ccccc2)c2ccccc2)c2c3c(sc2n1)CN(C)CC3. The molecule has 0 bridgehead atoms. The first kappa shape index (κ1) is 22.4. The molecule has 4 aromatic rings. The molecule has 5 rings (SSSR count). The van der Waals surface area contributed by atoms with Gasteiger partial charge in [-0.15, -0.1) is 11.3 Å². The molecule has 0 spiro atoms. The predicted molar refractivity (Wildman–Crippen MR) is 140 cm³/mol. The van der Waals surface area contributed by atoms with Crippen molar-refractivity contribution in [3.8, 4) is 0 Å². The zero-order valence-corrected chi connectivity index (χ0v) is 21.0. The highest BCUT2D eigenvalue weighted by molar-refractivity contribution is 8.00. The van der Waals surface area contributed by atoms with E-state index in [9.17, 15) is 4.79 Å². The third kappa shape index (κ3) is 4.66. The number of likely N-dealkylation sites (N-methyl/N-ethyl adjacent to an activating group) is 1. The second-order valence-corrected chi connectivity index (χ2v) is 10.7. The van der Waals surface area contributed by atoms with Crippen LogP contribution in [-0.2, 0) is 17.8 Å². The van der Waals surface area contributed by atoms with E-state index in [0.29, 0.717) is 5.75 Å². The van der Waals surface area contributed by atoms with E-state index in [0.717, 1.165) is 51.3 Å². The number of carbonyl (C=O) groups excluding carboxylic acids is 1. The maximum atomic E-state index is 13.5. The van der Waals surface area contributed by atoms with Crippen LogP contribution in [0.15, 0.2) is 70.8 Å². The number of carbonyl (C=O) groups is 1.